The third-order valence-electron chi connectivity index (χ3n) is 4.25. The zero-order valence-corrected chi connectivity index (χ0v) is 12.5. The van der Waals surface area contributed by atoms with Crippen LogP contribution in [0.3, 0.4) is 0 Å². The van der Waals surface area contributed by atoms with Crippen LogP contribution in [0.25, 0.3) is 0 Å². The first-order valence-corrected chi connectivity index (χ1v) is 7.65. The summed E-state index contributed by atoms with van der Waals surface area (Å²) in [6, 6.07) is 9.52. The molecule has 0 spiro atoms. The van der Waals surface area contributed by atoms with E-state index in [2.05, 4.69) is 5.16 Å². The summed E-state index contributed by atoms with van der Waals surface area (Å²) in [5, 5.41) is 12.8. The van der Waals surface area contributed by atoms with Crippen molar-refractivity contribution >= 4 is 11.7 Å². The van der Waals surface area contributed by atoms with Gasteiger partial charge < -0.3 is 9.94 Å². The number of oxime groups is 1. The molecule has 1 saturated carbocycles. The van der Waals surface area contributed by atoms with Crippen LogP contribution in [0.4, 0.5) is 0 Å². The fourth-order valence-electron chi connectivity index (χ4n) is 3.11. The molecule has 4 nitrogen and oxygen atoms in total. The molecule has 0 saturated heterocycles. The Labute approximate surface area is 125 Å². The highest BCUT2D eigenvalue weighted by atomic mass is 16.5. The standard InChI is InChI=1S/C17H23NO3/c1-2-21-16(19)17(11-7-4-8-12-17)13-15(18-20)14-9-5-3-6-10-14/h3,5-6,9-10,20H,2,4,7-8,11-13H2,1H3/b18-15-. The molecule has 1 N–H and O–H groups in total. The Morgan fingerprint density at radius 3 is 2.48 bits per heavy atom. The highest BCUT2D eigenvalue weighted by molar-refractivity contribution is 6.02. The van der Waals surface area contributed by atoms with Gasteiger partial charge in [-0.15, -0.1) is 0 Å². The molecule has 1 aromatic rings. The summed E-state index contributed by atoms with van der Waals surface area (Å²) in [4.78, 5) is 12.4. The van der Waals surface area contributed by atoms with Crippen LogP contribution in [-0.2, 0) is 9.53 Å². The van der Waals surface area contributed by atoms with Crippen molar-refractivity contribution in [3.8, 4) is 0 Å². The zero-order chi connectivity index (χ0) is 15.1. The molecule has 114 valence electrons. The maximum Gasteiger partial charge on any atom is 0.312 e. The molecule has 0 amide bonds. The molecule has 1 fully saturated rings. The summed E-state index contributed by atoms with van der Waals surface area (Å²) in [6.45, 7) is 2.21. The van der Waals surface area contributed by atoms with Crippen molar-refractivity contribution in [2.75, 3.05) is 6.61 Å². The monoisotopic (exact) mass is 289 g/mol. The van der Waals surface area contributed by atoms with E-state index < -0.39 is 5.41 Å². The third-order valence-corrected chi connectivity index (χ3v) is 4.25. The van der Waals surface area contributed by atoms with E-state index in [1.54, 1.807) is 0 Å². The minimum absolute atomic E-state index is 0.151. The summed E-state index contributed by atoms with van der Waals surface area (Å²) >= 11 is 0. The van der Waals surface area contributed by atoms with E-state index in [9.17, 15) is 10.0 Å². The lowest BCUT2D eigenvalue weighted by molar-refractivity contribution is -0.157. The zero-order valence-electron chi connectivity index (χ0n) is 12.5. The molecule has 0 unspecified atom stereocenters. The quantitative estimate of drug-likeness (QED) is 0.388. The number of ether oxygens (including phenoxy) is 1. The lowest BCUT2D eigenvalue weighted by Gasteiger charge is -2.35. The number of nitrogens with zero attached hydrogens (tertiary/aromatic N) is 1. The fraction of sp³-hybridized carbons (Fsp3) is 0.529. The van der Waals surface area contributed by atoms with Gasteiger partial charge in [-0.05, 0) is 25.3 Å². The van der Waals surface area contributed by atoms with E-state index in [4.69, 9.17) is 4.74 Å². The van der Waals surface area contributed by atoms with Crippen molar-refractivity contribution < 1.29 is 14.7 Å². The molecule has 0 atom stereocenters. The van der Waals surface area contributed by atoms with Crippen molar-refractivity contribution in [1.82, 2.24) is 0 Å². The third kappa shape index (κ3) is 3.63. The lowest BCUT2D eigenvalue weighted by atomic mass is 9.70. The van der Waals surface area contributed by atoms with Crippen molar-refractivity contribution in [2.45, 2.75) is 45.4 Å². The average molecular weight is 289 g/mol. The van der Waals surface area contributed by atoms with E-state index >= 15 is 0 Å². The number of carbonyl (C=O) groups is 1. The number of hydrogen-bond acceptors (Lipinski definition) is 4. The second-order valence-electron chi connectivity index (χ2n) is 5.65. The average Bonchev–Trinajstić information content (AvgIpc) is 2.54. The van der Waals surface area contributed by atoms with Crippen LogP contribution in [0.5, 0.6) is 0 Å². The SMILES string of the molecule is CCOC(=O)C1(C/C(=N/O)c2ccccc2)CCCCC1. The van der Waals surface area contributed by atoms with Crippen LogP contribution in [0, 0.1) is 5.41 Å². The highest BCUT2D eigenvalue weighted by Gasteiger charge is 2.42. The Morgan fingerprint density at radius 2 is 1.90 bits per heavy atom. The Morgan fingerprint density at radius 1 is 1.24 bits per heavy atom. The summed E-state index contributed by atoms with van der Waals surface area (Å²) < 4.78 is 5.29. The van der Waals surface area contributed by atoms with Crippen LogP contribution >= 0.6 is 0 Å². The number of benzene rings is 1. The topological polar surface area (TPSA) is 58.9 Å². The summed E-state index contributed by atoms with van der Waals surface area (Å²) in [7, 11) is 0. The molecule has 4 heteroatoms. The Bertz CT molecular complexity index is 490. The van der Waals surface area contributed by atoms with Gasteiger partial charge in [0, 0.05) is 6.42 Å². The molecule has 0 aromatic heterocycles. The van der Waals surface area contributed by atoms with Gasteiger partial charge in [0.25, 0.3) is 0 Å². The maximum atomic E-state index is 12.4. The van der Waals surface area contributed by atoms with Crippen LogP contribution in [0.2, 0.25) is 0 Å². The Balaban J connectivity index is 2.23. The highest BCUT2D eigenvalue weighted by Crippen LogP contribution is 2.41. The van der Waals surface area contributed by atoms with Gasteiger partial charge in [0.2, 0.25) is 0 Å². The molecule has 0 heterocycles. The smallest absolute Gasteiger partial charge is 0.312 e. The maximum absolute atomic E-state index is 12.4. The fourth-order valence-corrected chi connectivity index (χ4v) is 3.11. The van der Waals surface area contributed by atoms with Crippen molar-refractivity contribution in [3.63, 3.8) is 0 Å². The molecular weight excluding hydrogens is 266 g/mol. The predicted molar refractivity (Wildman–Crippen MR) is 81.5 cm³/mol. The Hall–Kier alpha value is -1.84. The number of rotatable bonds is 5. The van der Waals surface area contributed by atoms with Gasteiger partial charge in [0.1, 0.15) is 0 Å². The summed E-state index contributed by atoms with van der Waals surface area (Å²) in [6.07, 6.45) is 5.23. The Kier molecular flexibility index (Phi) is 5.37. The number of hydrogen-bond donors (Lipinski definition) is 1. The molecule has 0 radical (unpaired) electrons. The van der Waals surface area contributed by atoms with Crippen molar-refractivity contribution in [1.29, 1.82) is 0 Å². The minimum Gasteiger partial charge on any atom is -0.466 e. The molecule has 1 aromatic carbocycles. The molecular formula is C17H23NO3. The van der Waals surface area contributed by atoms with Crippen molar-refractivity contribution in [3.05, 3.63) is 35.9 Å². The van der Waals surface area contributed by atoms with Crippen LogP contribution < -0.4 is 0 Å². The van der Waals surface area contributed by atoms with Crippen LogP contribution in [0.1, 0.15) is 51.0 Å². The van der Waals surface area contributed by atoms with Gasteiger partial charge in [-0.2, -0.15) is 0 Å². The van der Waals surface area contributed by atoms with Gasteiger partial charge in [0.15, 0.2) is 0 Å². The first-order chi connectivity index (χ1) is 10.2. The lowest BCUT2D eigenvalue weighted by Crippen LogP contribution is -2.37. The second-order valence-corrected chi connectivity index (χ2v) is 5.65. The van der Waals surface area contributed by atoms with Gasteiger partial charge in [-0.25, -0.2) is 0 Å². The second kappa shape index (κ2) is 7.25. The van der Waals surface area contributed by atoms with E-state index in [0.29, 0.717) is 18.7 Å². The van der Waals surface area contributed by atoms with Gasteiger partial charge in [-0.3, -0.25) is 4.79 Å². The first kappa shape index (κ1) is 15.5. The summed E-state index contributed by atoms with van der Waals surface area (Å²) in [5.74, 6) is -0.151. The molecule has 21 heavy (non-hydrogen) atoms. The summed E-state index contributed by atoms with van der Waals surface area (Å²) in [5.41, 5.74) is 0.880. The predicted octanol–water partition coefficient (Wildman–Crippen LogP) is 3.77. The number of carbonyl (C=O) groups excluding carboxylic acids is 1. The normalized spacial score (nSPS) is 18.2. The number of esters is 1. The van der Waals surface area contributed by atoms with Crippen LogP contribution in [0.15, 0.2) is 35.5 Å². The molecule has 0 aliphatic heterocycles. The van der Waals surface area contributed by atoms with Gasteiger partial charge in [0.05, 0.1) is 17.7 Å². The van der Waals surface area contributed by atoms with E-state index in [0.717, 1.165) is 37.7 Å². The molecule has 2 rings (SSSR count). The van der Waals surface area contributed by atoms with E-state index in [1.807, 2.05) is 37.3 Å². The minimum atomic E-state index is -0.536. The van der Waals surface area contributed by atoms with Crippen molar-refractivity contribution in [2.24, 2.45) is 10.6 Å². The molecule has 1 aliphatic rings. The largest absolute Gasteiger partial charge is 0.466 e. The molecule has 0 bridgehead atoms. The van der Waals surface area contributed by atoms with Gasteiger partial charge >= 0.3 is 5.97 Å². The van der Waals surface area contributed by atoms with E-state index in [1.165, 1.54) is 0 Å². The first-order valence-electron chi connectivity index (χ1n) is 7.65. The van der Waals surface area contributed by atoms with Crippen LogP contribution in [-0.4, -0.2) is 23.5 Å². The van der Waals surface area contributed by atoms with Gasteiger partial charge in [-0.1, -0.05) is 54.8 Å². The van der Waals surface area contributed by atoms with E-state index in [-0.39, 0.29) is 5.97 Å². The molecule has 1 aliphatic carbocycles.